The number of likely N-dealkylation sites (N-methyl/N-ethyl adjacent to an activating group) is 1. The van der Waals surface area contributed by atoms with Crippen molar-refractivity contribution in [2.75, 3.05) is 65.9 Å². The van der Waals surface area contributed by atoms with Crippen LogP contribution in [0.3, 0.4) is 0 Å². The number of nitrogens with one attached hydrogen (secondary N) is 1. The fourth-order valence-electron chi connectivity index (χ4n) is 4.19. The normalized spacial score (nSPS) is 14.4. The van der Waals surface area contributed by atoms with Crippen molar-refractivity contribution in [2.24, 2.45) is 0 Å². The fraction of sp³-hybridized carbons (Fsp3) is 0.385. The van der Waals surface area contributed by atoms with Gasteiger partial charge in [-0.25, -0.2) is 0 Å². The summed E-state index contributed by atoms with van der Waals surface area (Å²) in [4.78, 5) is 9.30. The molecule has 0 amide bonds. The third-order valence-electron chi connectivity index (χ3n) is 6.23. The van der Waals surface area contributed by atoms with Crippen LogP contribution in [0.2, 0.25) is 10.0 Å². The number of benzene rings is 2. The minimum absolute atomic E-state index is 0.339. The van der Waals surface area contributed by atoms with E-state index in [0.29, 0.717) is 61.7 Å². The number of nitrogens with zero attached hydrogens (tertiary/aromatic N) is 4. The van der Waals surface area contributed by atoms with E-state index in [1.54, 1.807) is 19.2 Å². The molecule has 190 valence electrons. The number of anilines is 2. The molecule has 0 unspecified atom stereocenters. The number of methoxy groups -OCH3 is 2. The lowest BCUT2D eigenvalue weighted by molar-refractivity contribution is 0.145. The third-order valence-corrected chi connectivity index (χ3v) is 6.84. The standard InChI is InChI=1S/C26H29Cl2N5O3/c1-32-6-8-33(9-7-32)5-4-10-36-18-11-22-25(24(12-18)35-3)26(17(15-29)16-30-22)31-21-14-23(34-2)20(28)13-19(21)27/h11-14,16H,4-10H2,1-3H3,(H,30,31). The number of piperazine rings is 1. The average Bonchev–Trinajstić information content (AvgIpc) is 2.88. The Balaban J connectivity index is 1.58. The lowest BCUT2D eigenvalue weighted by Crippen LogP contribution is -2.44. The number of hydrogen-bond donors (Lipinski definition) is 1. The van der Waals surface area contributed by atoms with Gasteiger partial charge in [-0.3, -0.25) is 4.98 Å². The highest BCUT2D eigenvalue weighted by Crippen LogP contribution is 2.41. The zero-order chi connectivity index (χ0) is 25.7. The van der Waals surface area contributed by atoms with Crippen LogP contribution in [0, 0.1) is 11.3 Å². The van der Waals surface area contributed by atoms with E-state index in [4.69, 9.17) is 37.4 Å². The van der Waals surface area contributed by atoms with Crippen LogP contribution >= 0.6 is 23.2 Å². The van der Waals surface area contributed by atoms with Crippen LogP contribution in [0.5, 0.6) is 17.2 Å². The first kappa shape index (κ1) is 26.1. The first-order chi connectivity index (χ1) is 17.4. The molecule has 0 saturated carbocycles. The van der Waals surface area contributed by atoms with Gasteiger partial charge in [0, 0.05) is 57.1 Å². The van der Waals surface area contributed by atoms with E-state index in [2.05, 4.69) is 33.2 Å². The van der Waals surface area contributed by atoms with Gasteiger partial charge in [0.1, 0.15) is 23.3 Å². The Hall–Kier alpha value is -2.96. The summed E-state index contributed by atoms with van der Waals surface area (Å²) < 4.78 is 17.1. The van der Waals surface area contributed by atoms with Gasteiger partial charge in [-0.05, 0) is 19.5 Å². The van der Waals surface area contributed by atoms with Crippen molar-refractivity contribution in [2.45, 2.75) is 6.42 Å². The molecule has 3 aromatic rings. The molecule has 1 fully saturated rings. The van der Waals surface area contributed by atoms with Crippen LogP contribution in [0.15, 0.2) is 30.5 Å². The monoisotopic (exact) mass is 529 g/mol. The Bertz CT molecular complexity index is 1270. The Morgan fingerprint density at radius 1 is 1.03 bits per heavy atom. The molecule has 0 bridgehead atoms. The van der Waals surface area contributed by atoms with Crippen LogP contribution < -0.4 is 19.5 Å². The molecule has 36 heavy (non-hydrogen) atoms. The Morgan fingerprint density at radius 3 is 2.47 bits per heavy atom. The van der Waals surface area contributed by atoms with Crippen molar-refractivity contribution >= 4 is 45.5 Å². The number of nitriles is 1. The second-order valence-electron chi connectivity index (χ2n) is 8.62. The summed E-state index contributed by atoms with van der Waals surface area (Å²) in [5.74, 6) is 1.65. The van der Waals surface area contributed by atoms with Gasteiger partial charge in [-0.15, -0.1) is 0 Å². The Labute approximate surface area is 221 Å². The second-order valence-corrected chi connectivity index (χ2v) is 9.43. The molecule has 1 aromatic heterocycles. The Kier molecular flexibility index (Phi) is 8.60. The van der Waals surface area contributed by atoms with Gasteiger partial charge in [0.25, 0.3) is 0 Å². The van der Waals surface area contributed by atoms with Crippen molar-refractivity contribution in [1.82, 2.24) is 14.8 Å². The molecule has 10 heteroatoms. The predicted molar refractivity (Wildman–Crippen MR) is 143 cm³/mol. The van der Waals surface area contributed by atoms with Crippen molar-refractivity contribution in [3.8, 4) is 23.3 Å². The summed E-state index contributed by atoms with van der Waals surface area (Å²) in [6.45, 7) is 5.96. The minimum atomic E-state index is 0.339. The molecule has 2 aromatic carbocycles. The lowest BCUT2D eigenvalue weighted by atomic mass is 10.1. The number of hydrogen-bond acceptors (Lipinski definition) is 8. The van der Waals surface area contributed by atoms with Crippen molar-refractivity contribution in [3.05, 3.63) is 46.1 Å². The van der Waals surface area contributed by atoms with Crippen LogP contribution in [0.25, 0.3) is 10.9 Å². The van der Waals surface area contributed by atoms with Gasteiger partial charge in [0.15, 0.2) is 0 Å². The first-order valence-electron chi connectivity index (χ1n) is 11.7. The van der Waals surface area contributed by atoms with Gasteiger partial charge >= 0.3 is 0 Å². The highest BCUT2D eigenvalue weighted by atomic mass is 35.5. The number of ether oxygens (including phenoxy) is 3. The molecule has 4 rings (SSSR count). The molecule has 0 spiro atoms. The van der Waals surface area contributed by atoms with E-state index in [1.807, 2.05) is 12.1 Å². The van der Waals surface area contributed by atoms with Gasteiger partial charge in [0.05, 0.1) is 58.7 Å². The third kappa shape index (κ3) is 5.88. The summed E-state index contributed by atoms with van der Waals surface area (Å²) in [5, 5.41) is 14.4. The van der Waals surface area contributed by atoms with Crippen molar-refractivity contribution in [3.63, 3.8) is 0 Å². The van der Waals surface area contributed by atoms with E-state index in [1.165, 1.54) is 13.3 Å². The number of fused-ring (bicyclic) bond motifs is 1. The van der Waals surface area contributed by atoms with E-state index in [0.717, 1.165) is 39.1 Å². The zero-order valence-corrected chi connectivity index (χ0v) is 22.1. The predicted octanol–water partition coefficient (Wildman–Crippen LogP) is 5.19. The number of pyridine rings is 1. The molecule has 1 aliphatic rings. The van der Waals surface area contributed by atoms with Crippen molar-refractivity contribution < 1.29 is 14.2 Å². The summed E-state index contributed by atoms with van der Waals surface area (Å²) in [6, 6.07) is 9.13. The van der Waals surface area contributed by atoms with E-state index in [-0.39, 0.29) is 0 Å². The number of aromatic nitrogens is 1. The molecular formula is C26H29Cl2N5O3. The first-order valence-corrected chi connectivity index (χ1v) is 12.4. The summed E-state index contributed by atoms with van der Waals surface area (Å²) in [6.07, 6.45) is 2.44. The van der Waals surface area contributed by atoms with Gasteiger partial charge in [-0.2, -0.15) is 5.26 Å². The quantitative estimate of drug-likeness (QED) is 0.379. The maximum atomic E-state index is 9.77. The maximum absolute atomic E-state index is 9.77. The van der Waals surface area contributed by atoms with Gasteiger partial charge in [0.2, 0.25) is 0 Å². The molecule has 0 aliphatic carbocycles. The average molecular weight is 530 g/mol. The topological polar surface area (TPSA) is 82.9 Å². The molecule has 0 radical (unpaired) electrons. The van der Waals surface area contributed by atoms with E-state index in [9.17, 15) is 5.26 Å². The molecule has 1 saturated heterocycles. The summed E-state index contributed by atoms with van der Waals surface area (Å²) >= 11 is 12.6. The number of rotatable bonds is 9. The molecule has 1 N–H and O–H groups in total. The fourth-order valence-corrected chi connectivity index (χ4v) is 4.69. The molecule has 0 atom stereocenters. The van der Waals surface area contributed by atoms with Crippen LogP contribution in [0.1, 0.15) is 12.0 Å². The largest absolute Gasteiger partial charge is 0.496 e. The highest BCUT2D eigenvalue weighted by Gasteiger charge is 2.18. The van der Waals surface area contributed by atoms with Gasteiger partial charge < -0.3 is 29.3 Å². The maximum Gasteiger partial charge on any atom is 0.139 e. The molecular weight excluding hydrogens is 501 g/mol. The smallest absolute Gasteiger partial charge is 0.139 e. The SMILES string of the molecule is COc1cc(Nc2c(C#N)cnc3cc(OCCCN4CCN(C)CC4)cc(OC)c23)c(Cl)cc1Cl. The van der Waals surface area contributed by atoms with Crippen LogP contribution in [0.4, 0.5) is 11.4 Å². The molecule has 1 aliphatic heterocycles. The van der Waals surface area contributed by atoms with Gasteiger partial charge in [-0.1, -0.05) is 23.2 Å². The lowest BCUT2D eigenvalue weighted by Gasteiger charge is -2.32. The summed E-state index contributed by atoms with van der Waals surface area (Å²) in [7, 11) is 5.26. The van der Waals surface area contributed by atoms with Crippen LogP contribution in [-0.2, 0) is 0 Å². The second kappa shape index (κ2) is 11.8. The molecule has 2 heterocycles. The highest BCUT2D eigenvalue weighted by molar-refractivity contribution is 6.37. The minimum Gasteiger partial charge on any atom is -0.496 e. The number of halogens is 2. The van der Waals surface area contributed by atoms with E-state index >= 15 is 0 Å². The molecule has 8 nitrogen and oxygen atoms in total. The Morgan fingerprint density at radius 2 is 1.78 bits per heavy atom. The zero-order valence-electron chi connectivity index (χ0n) is 20.6. The summed E-state index contributed by atoms with van der Waals surface area (Å²) in [5.41, 5.74) is 2.02. The van der Waals surface area contributed by atoms with E-state index < -0.39 is 0 Å². The van der Waals surface area contributed by atoms with Crippen LogP contribution in [-0.4, -0.2) is 75.4 Å². The van der Waals surface area contributed by atoms with Crippen molar-refractivity contribution in [1.29, 1.82) is 5.26 Å².